The van der Waals surface area contributed by atoms with E-state index in [0.717, 1.165) is 35.7 Å². The number of hydrogen-bond donors (Lipinski definition) is 1. The van der Waals surface area contributed by atoms with Gasteiger partial charge in [-0.25, -0.2) is 15.0 Å². The summed E-state index contributed by atoms with van der Waals surface area (Å²) in [5, 5.41) is 4.72. The van der Waals surface area contributed by atoms with Gasteiger partial charge in [-0.3, -0.25) is 0 Å². The second-order valence-corrected chi connectivity index (χ2v) is 8.16. The third-order valence-electron chi connectivity index (χ3n) is 5.19. The Balaban J connectivity index is 1.35. The van der Waals surface area contributed by atoms with E-state index >= 15 is 0 Å². The molecule has 0 amide bonds. The Bertz CT molecular complexity index is 952. The Labute approximate surface area is 162 Å². The van der Waals surface area contributed by atoms with Crippen LogP contribution in [0.1, 0.15) is 35.3 Å². The first-order chi connectivity index (χ1) is 13.4. The molecule has 7 heteroatoms. The molecule has 5 rings (SSSR count). The largest absolute Gasteiger partial charge is 0.472 e. The lowest BCUT2D eigenvalue weighted by Crippen LogP contribution is -2.16. The number of aromatic nitrogens is 3. The van der Waals surface area contributed by atoms with Crippen LogP contribution in [0.2, 0.25) is 0 Å². The van der Waals surface area contributed by atoms with E-state index in [4.69, 9.17) is 9.47 Å². The molecular weight excluding hydrogens is 360 g/mol. The smallest absolute Gasteiger partial charge is 0.213 e. The maximum absolute atomic E-state index is 5.91. The van der Waals surface area contributed by atoms with E-state index in [1.54, 1.807) is 12.5 Å². The normalized spacial score (nSPS) is 19.2. The summed E-state index contributed by atoms with van der Waals surface area (Å²) in [5.74, 6) is 1.59. The number of nitrogens with zero attached hydrogens (tertiary/aromatic N) is 3. The Morgan fingerprint density at radius 1 is 1.22 bits per heavy atom. The van der Waals surface area contributed by atoms with Crippen LogP contribution in [0.25, 0.3) is 10.2 Å². The van der Waals surface area contributed by atoms with Crippen LogP contribution in [0.4, 0.5) is 5.82 Å². The third-order valence-corrected chi connectivity index (χ3v) is 6.39. The average Bonchev–Trinajstić information content (AvgIpc) is 3.34. The van der Waals surface area contributed by atoms with Crippen molar-refractivity contribution in [1.29, 1.82) is 0 Å². The quantitative estimate of drug-likeness (QED) is 0.725. The van der Waals surface area contributed by atoms with E-state index in [-0.39, 0.29) is 6.10 Å². The molecule has 3 aromatic heterocycles. The van der Waals surface area contributed by atoms with Crippen molar-refractivity contribution in [2.24, 2.45) is 0 Å². The van der Waals surface area contributed by atoms with Crippen molar-refractivity contribution >= 4 is 27.4 Å². The average molecular weight is 382 g/mol. The Morgan fingerprint density at radius 3 is 3.11 bits per heavy atom. The Hall–Kier alpha value is -2.25. The summed E-state index contributed by atoms with van der Waals surface area (Å²) in [6, 6.07) is 4.00. The van der Waals surface area contributed by atoms with E-state index < -0.39 is 0 Å². The fourth-order valence-electron chi connectivity index (χ4n) is 3.81. The van der Waals surface area contributed by atoms with Crippen LogP contribution in [-0.2, 0) is 24.1 Å². The molecule has 1 aliphatic carbocycles. The first-order valence-electron chi connectivity index (χ1n) is 9.55. The molecule has 0 spiro atoms. The minimum Gasteiger partial charge on any atom is -0.472 e. The second kappa shape index (κ2) is 7.40. The Morgan fingerprint density at radius 2 is 2.19 bits per heavy atom. The van der Waals surface area contributed by atoms with Crippen molar-refractivity contribution in [2.75, 3.05) is 18.5 Å². The fraction of sp³-hybridized carbons (Fsp3) is 0.450. The van der Waals surface area contributed by atoms with Gasteiger partial charge in [-0.2, -0.15) is 0 Å². The van der Waals surface area contributed by atoms with E-state index in [1.807, 2.05) is 23.5 Å². The van der Waals surface area contributed by atoms with E-state index in [9.17, 15) is 0 Å². The SMILES string of the molecule is c1cc(CNc2ncnc3sc4c(c23)CCCC4)cc(OC2CCOC2)n1. The van der Waals surface area contributed by atoms with Gasteiger partial charge in [-0.1, -0.05) is 0 Å². The molecule has 1 N–H and O–H groups in total. The van der Waals surface area contributed by atoms with Crippen LogP contribution in [0.15, 0.2) is 24.7 Å². The lowest BCUT2D eigenvalue weighted by Gasteiger charge is -2.13. The molecule has 0 saturated carbocycles. The number of nitrogens with one attached hydrogen (secondary N) is 1. The fourth-order valence-corrected chi connectivity index (χ4v) is 5.04. The first-order valence-corrected chi connectivity index (χ1v) is 10.4. The zero-order chi connectivity index (χ0) is 18.1. The monoisotopic (exact) mass is 382 g/mol. The third kappa shape index (κ3) is 3.49. The number of ether oxygens (including phenoxy) is 2. The van der Waals surface area contributed by atoms with E-state index in [0.29, 0.717) is 19.0 Å². The highest BCUT2D eigenvalue weighted by Crippen LogP contribution is 2.38. The predicted molar refractivity (Wildman–Crippen MR) is 105 cm³/mol. The maximum atomic E-state index is 5.91. The Kier molecular flexibility index (Phi) is 4.63. The van der Waals surface area contributed by atoms with Crippen molar-refractivity contribution in [3.8, 4) is 5.88 Å². The van der Waals surface area contributed by atoms with Crippen LogP contribution >= 0.6 is 11.3 Å². The van der Waals surface area contributed by atoms with Crippen molar-refractivity contribution in [2.45, 2.75) is 44.8 Å². The van der Waals surface area contributed by atoms with Crippen molar-refractivity contribution < 1.29 is 9.47 Å². The lowest BCUT2D eigenvalue weighted by atomic mass is 9.97. The van der Waals surface area contributed by atoms with Gasteiger partial charge in [-0.15, -0.1) is 11.3 Å². The molecular formula is C20H22N4O2S. The van der Waals surface area contributed by atoms with Gasteiger partial charge in [0.05, 0.1) is 18.6 Å². The highest BCUT2D eigenvalue weighted by atomic mass is 32.1. The number of fused-ring (bicyclic) bond motifs is 3. The van der Waals surface area contributed by atoms with Gasteiger partial charge < -0.3 is 14.8 Å². The van der Waals surface area contributed by atoms with Gasteiger partial charge in [0.25, 0.3) is 0 Å². The van der Waals surface area contributed by atoms with Gasteiger partial charge in [0, 0.05) is 30.1 Å². The maximum Gasteiger partial charge on any atom is 0.213 e. The highest BCUT2D eigenvalue weighted by Gasteiger charge is 2.20. The molecule has 2 aliphatic rings. The van der Waals surface area contributed by atoms with Crippen molar-refractivity contribution in [3.63, 3.8) is 0 Å². The summed E-state index contributed by atoms with van der Waals surface area (Å²) in [5.41, 5.74) is 2.57. The number of anilines is 1. The molecule has 1 saturated heterocycles. The molecule has 1 atom stereocenters. The molecule has 140 valence electrons. The summed E-state index contributed by atoms with van der Waals surface area (Å²) in [7, 11) is 0. The molecule has 27 heavy (non-hydrogen) atoms. The molecule has 1 unspecified atom stereocenters. The summed E-state index contributed by atoms with van der Waals surface area (Å²) in [4.78, 5) is 15.9. The highest BCUT2D eigenvalue weighted by molar-refractivity contribution is 7.19. The molecule has 0 aromatic carbocycles. The van der Waals surface area contributed by atoms with Crippen LogP contribution in [0.3, 0.4) is 0 Å². The number of thiophene rings is 1. The molecule has 3 aromatic rings. The number of hydrogen-bond acceptors (Lipinski definition) is 7. The minimum absolute atomic E-state index is 0.111. The van der Waals surface area contributed by atoms with Gasteiger partial charge in [0.1, 0.15) is 23.1 Å². The van der Waals surface area contributed by atoms with Crippen molar-refractivity contribution in [1.82, 2.24) is 15.0 Å². The molecule has 6 nitrogen and oxygen atoms in total. The molecule has 0 radical (unpaired) electrons. The van der Waals surface area contributed by atoms with Crippen molar-refractivity contribution in [3.05, 3.63) is 40.7 Å². The number of aryl methyl sites for hydroxylation is 2. The van der Waals surface area contributed by atoms with Gasteiger partial charge >= 0.3 is 0 Å². The van der Waals surface area contributed by atoms with Crippen LogP contribution in [0, 0.1) is 0 Å². The zero-order valence-corrected chi connectivity index (χ0v) is 15.9. The topological polar surface area (TPSA) is 69.2 Å². The summed E-state index contributed by atoms with van der Waals surface area (Å²) in [6.07, 6.45) is 9.33. The standard InChI is InChI=1S/C20H22N4O2S/c1-2-4-16-15(3-1)18-19(23-12-24-20(18)27-16)22-10-13-5-7-21-17(9-13)26-14-6-8-25-11-14/h5,7,9,12,14H,1-4,6,8,10-11H2,(H,22,23,24). The van der Waals surface area contributed by atoms with Gasteiger partial charge in [0.2, 0.25) is 5.88 Å². The number of rotatable bonds is 5. The van der Waals surface area contributed by atoms with E-state index in [1.165, 1.54) is 35.1 Å². The van der Waals surface area contributed by atoms with E-state index in [2.05, 4.69) is 20.3 Å². The molecule has 1 aliphatic heterocycles. The predicted octanol–water partition coefficient (Wildman–Crippen LogP) is 3.74. The number of pyridine rings is 1. The van der Waals surface area contributed by atoms with Crippen LogP contribution in [0.5, 0.6) is 5.88 Å². The minimum atomic E-state index is 0.111. The molecule has 0 bridgehead atoms. The summed E-state index contributed by atoms with van der Waals surface area (Å²) < 4.78 is 11.3. The molecule has 4 heterocycles. The molecule has 1 fully saturated rings. The zero-order valence-electron chi connectivity index (χ0n) is 15.1. The lowest BCUT2D eigenvalue weighted by molar-refractivity contribution is 0.138. The summed E-state index contributed by atoms with van der Waals surface area (Å²) >= 11 is 1.82. The summed E-state index contributed by atoms with van der Waals surface area (Å²) in [6.45, 7) is 2.09. The van der Waals surface area contributed by atoms with Crippen LogP contribution < -0.4 is 10.1 Å². The van der Waals surface area contributed by atoms with Gasteiger partial charge in [-0.05, 0) is 42.9 Å². The van der Waals surface area contributed by atoms with Crippen LogP contribution in [-0.4, -0.2) is 34.3 Å². The second-order valence-electron chi connectivity index (χ2n) is 7.07. The van der Waals surface area contributed by atoms with Gasteiger partial charge in [0.15, 0.2) is 0 Å². The first kappa shape index (κ1) is 16.9.